The summed E-state index contributed by atoms with van der Waals surface area (Å²) in [5.74, 6) is 0.799. The molecule has 3 heteroatoms. The van der Waals surface area contributed by atoms with Crippen LogP contribution in [0.1, 0.15) is 25.7 Å². The molecule has 2 rings (SSSR count). The molecule has 14 heavy (non-hydrogen) atoms. The van der Waals surface area contributed by atoms with Gasteiger partial charge in [-0.1, -0.05) is 0 Å². The number of hydrogen-bond acceptors (Lipinski definition) is 3. The minimum absolute atomic E-state index is 0.0888. The Morgan fingerprint density at radius 3 is 2.79 bits per heavy atom. The zero-order chi connectivity index (χ0) is 9.97. The van der Waals surface area contributed by atoms with Crippen molar-refractivity contribution in [1.29, 1.82) is 0 Å². The number of nitrogens with zero attached hydrogens (tertiary/aromatic N) is 1. The molecule has 3 unspecified atom stereocenters. The number of aliphatic hydroxyl groups is 1. The fourth-order valence-corrected chi connectivity index (χ4v) is 2.69. The van der Waals surface area contributed by atoms with Gasteiger partial charge in [0.1, 0.15) is 0 Å². The summed E-state index contributed by atoms with van der Waals surface area (Å²) in [4.78, 5) is 2.39. The van der Waals surface area contributed by atoms with Crippen LogP contribution in [0.15, 0.2) is 0 Å². The maximum absolute atomic E-state index is 9.64. The molecule has 2 aliphatic rings. The first kappa shape index (κ1) is 10.4. The molecule has 1 saturated carbocycles. The SMILES string of the molecule is CN1CCC(CNC2CCCC2O)C1. The van der Waals surface area contributed by atoms with Crippen LogP contribution in [0.25, 0.3) is 0 Å². The first-order chi connectivity index (χ1) is 6.75. The highest BCUT2D eigenvalue weighted by Gasteiger charge is 2.26. The predicted molar refractivity (Wildman–Crippen MR) is 57.3 cm³/mol. The van der Waals surface area contributed by atoms with E-state index in [4.69, 9.17) is 0 Å². The number of rotatable bonds is 3. The molecule has 0 aromatic rings. The second kappa shape index (κ2) is 4.60. The first-order valence-electron chi connectivity index (χ1n) is 5.85. The third-order valence-corrected chi connectivity index (χ3v) is 3.64. The second-order valence-corrected chi connectivity index (χ2v) is 4.93. The van der Waals surface area contributed by atoms with Crippen molar-refractivity contribution >= 4 is 0 Å². The second-order valence-electron chi connectivity index (χ2n) is 4.93. The third-order valence-electron chi connectivity index (χ3n) is 3.64. The topological polar surface area (TPSA) is 35.5 Å². The van der Waals surface area contributed by atoms with E-state index >= 15 is 0 Å². The molecular formula is C11H22N2O. The van der Waals surface area contributed by atoms with Crippen molar-refractivity contribution < 1.29 is 5.11 Å². The fourth-order valence-electron chi connectivity index (χ4n) is 2.69. The van der Waals surface area contributed by atoms with Gasteiger partial charge in [-0.25, -0.2) is 0 Å². The van der Waals surface area contributed by atoms with Crippen molar-refractivity contribution in [1.82, 2.24) is 10.2 Å². The van der Waals surface area contributed by atoms with E-state index in [1.807, 2.05) is 0 Å². The molecule has 0 spiro atoms. The van der Waals surface area contributed by atoms with Gasteiger partial charge in [0.25, 0.3) is 0 Å². The molecule has 82 valence electrons. The van der Waals surface area contributed by atoms with Crippen molar-refractivity contribution in [3.8, 4) is 0 Å². The Labute approximate surface area is 86.5 Å². The van der Waals surface area contributed by atoms with Crippen molar-refractivity contribution in [3.05, 3.63) is 0 Å². The lowest BCUT2D eigenvalue weighted by Gasteiger charge is -2.19. The van der Waals surface area contributed by atoms with E-state index < -0.39 is 0 Å². The van der Waals surface area contributed by atoms with Gasteiger partial charge in [-0.2, -0.15) is 0 Å². The van der Waals surface area contributed by atoms with E-state index in [1.165, 1.54) is 25.9 Å². The Hall–Kier alpha value is -0.120. The zero-order valence-corrected chi connectivity index (χ0v) is 9.08. The molecule has 3 atom stereocenters. The van der Waals surface area contributed by atoms with Crippen LogP contribution < -0.4 is 5.32 Å². The fraction of sp³-hybridized carbons (Fsp3) is 1.00. The van der Waals surface area contributed by atoms with Crippen LogP contribution in [-0.2, 0) is 0 Å². The molecule has 1 heterocycles. The number of nitrogens with one attached hydrogen (secondary N) is 1. The quantitative estimate of drug-likeness (QED) is 0.691. The Bertz CT molecular complexity index is 186. The third kappa shape index (κ3) is 2.47. The molecule has 0 aromatic heterocycles. The van der Waals surface area contributed by atoms with Gasteiger partial charge in [0, 0.05) is 12.6 Å². The molecule has 2 N–H and O–H groups in total. The highest BCUT2D eigenvalue weighted by molar-refractivity contribution is 4.84. The van der Waals surface area contributed by atoms with Gasteiger partial charge in [-0.05, 0) is 51.7 Å². The predicted octanol–water partition coefficient (Wildman–Crippen LogP) is 0.441. The van der Waals surface area contributed by atoms with Crippen molar-refractivity contribution in [2.24, 2.45) is 5.92 Å². The first-order valence-corrected chi connectivity index (χ1v) is 5.85. The molecule has 3 nitrogen and oxygen atoms in total. The average Bonchev–Trinajstić information content (AvgIpc) is 2.72. The van der Waals surface area contributed by atoms with Crippen LogP contribution in [-0.4, -0.2) is 48.8 Å². The van der Waals surface area contributed by atoms with E-state index in [9.17, 15) is 5.11 Å². The normalized spacial score (nSPS) is 39.4. The van der Waals surface area contributed by atoms with Crippen LogP contribution in [0.5, 0.6) is 0 Å². The molecule has 1 saturated heterocycles. The van der Waals surface area contributed by atoms with Gasteiger partial charge in [0.2, 0.25) is 0 Å². The summed E-state index contributed by atoms with van der Waals surface area (Å²) in [5.41, 5.74) is 0. The maximum atomic E-state index is 9.64. The Kier molecular flexibility index (Phi) is 3.42. The van der Waals surface area contributed by atoms with Crippen LogP contribution in [0.4, 0.5) is 0 Å². The minimum atomic E-state index is -0.0888. The molecule has 0 aromatic carbocycles. The summed E-state index contributed by atoms with van der Waals surface area (Å²) >= 11 is 0. The Balaban J connectivity index is 1.67. The molecule has 1 aliphatic heterocycles. The molecule has 1 aliphatic carbocycles. The number of hydrogen-bond donors (Lipinski definition) is 2. The monoisotopic (exact) mass is 198 g/mol. The van der Waals surface area contributed by atoms with E-state index in [-0.39, 0.29) is 6.10 Å². The Morgan fingerprint density at radius 2 is 2.21 bits per heavy atom. The van der Waals surface area contributed by atoms with Crippen molar-refractivity contribution in [3.63, 3.8) is 0 Å². The van der Waals surface area contributed by atoms with Gasteiger partial charge in [-0.3, -0.25) is 0 Å². The van der Waals surface area contributed by atoms with E-state index in [0.717, 1.165) is 25.3 Å². The zero-order valence-electron chi connectivity index (χ0n) is 9.08. The molecule has 0 amide bonds. The summed E-state index contributed by atoms with van der Waals surface area (Å²) in [6.45, 7) is 3.54. The smallest absolute Gasteiger partial charge is 0.0693 e. The van der Waals surface area contributed by atoms with E-state index in [0.29, 0.717) is 6.04 Å². The average molecular weight is 198 g/mol. The standard InChI is InChI=1S/C11H22N2O/c1-13-6-5-9(8-13)7-12-10-3-2-4-11(10)14/h9-12,14H,2-8H2,1H3. The van der Waals surface area contributed by atoms with E-state index in [2.05, 4.69) is 17.3 Å². The van der Waals surface area contributed by atoms with E-state index in [1.54, 1.807) is 0 Å². The Morgan fingerprint density at radius 1 is 1.36 bits per heavy atom. The van der Waals surface area contributed by atoms with Gasteiger partial charge in [-0.15, -0.1) is 0 Å². The van der Waals surface area contributed by atoms with Gasteiger partial charge in [0.15, 0.2) is 0 Å². The summed E-state index contributed by atoms with van der Waals surface area (Å²) in [5, 5.41) is 13.2. The van der Waals surface area contributed by atoms with Gasteiger partial charge < -0.3 is 15.3 Å². The number of aliphatic hydroxyl groups excluding tert-OH is 1. The van der Waals surface area contributed by atoms with Crippen LogP contribution in [0.3, 0.4) is 0 Å². The highest BCUT2D eigenvalue weighted by atomic mass is 16.3. The summed E-state index contributed by atoms with van der Waals surface area (Å²) in [6.07, 6.45) is 4.55. The lowest BCUT2D eigenvalue weighted by molar-refractivity contribution is 0.147. The van der Waals surface area contributed by atoms with Crippen molar-refractivity contribution in [2.75, 3.05) is 26.7 Å². The maximum Gasteiger partial charge on any atom is 0.0693 e. The van der Waals surface area contributed by atoms with Gasteiger partial charge >= 0.3 is 0 Å². The summed E-state index contributed by atoms with van der Waals surface area (Å²) < 4.78 is 0. The largest absolute Gasteiger partial charge is 0.392 e. The van der Waals surface area contributed by atoms with Crippen LogP contribution in [0.2, 0.25) is 0 Å². The molecular weight excluding hydrogens is 176 g/mol. The summed E-state index contributed by atoms with van der Waals surface area (Å²) in [7, 11) is 2.18. The van der Waals surface area contributed by atoms with Crippen LogP contribution in [0, 0.1) is 5.92 Å². The number of likely N-dealkylation sites (tertiary alicyclic amines) is 1. The van der Waals surface area contributed by atoms with Crippen molar-refractivity contribution in [2.45, 2.75) is 37.8 Å². The van der Waals surface area contributed by atoms with Crippen LogP contribution >= 0.6 is 0 Å². The molecule has 0 bridgehead atoms. The lowest BCUT2D eigenvalue weighted by atomic mass is 10.1. The lowest BCUT2D eigenvalue weighted by Crippen LogP contribution is -2.39. The molecule has 0 radical (unpaired) electrons. The molecule has 2 fully saturated rings. The highest BCUT2D eigenvalue weighted by Crippen LogP contribution is 2.20. The minimum Gasteiger partial charge on any atom is -0.392 e. The summed E-state index contributed by atoms with van der Waals surface area (Å²) in [6, 6.07) is 0.376. The van der Waals surface area contributed by atoms with Gasteiger partial charge in [0.05, 0.1) is 6.10 Å².